The highest BCUT2D eigenvalue weighted by Gasteiger charge is 2.35. The number of nitrogens with zero attached hydrogens (tertiary/aromatic N) is 2. The van der Waals surface area contributed by atoms with Crippen LogP contribution in [-0.4, -0.2) is 73.8 Å². The highest BCUT2D eigenvalue weighted by molar-refractivity contribution is 6.22. The number of methoxy groups -OCH3 is 1. The minimum atomic E-state index is -0.387. The molecule has 0 unspecified atom stereocenters. The first-order valence-corrected chi connectivity index (χ1v) is 9.42. The van der Waals surface area contributed by atoms with Crippen LogP contribution in [0.3, 0.4) is 0 Å². The van der Waals surface area contributed by atoms with Crippen LogP contribution in [0.1, 0.15) is 57.3 Å². The van der Waals surface area contributed by atoms with Gasteiger partial charge in [0.15, 0.2) is 0 Å². The molecule has 1 aromatic rings. The summed E-state index contributed by atoms with van der Waals surface area (Å²) in [6, 6.07) is 4.47. The van der Waals surface area contributed by atoms with Crippen LogP contribution in [0, 0.1) is 0 Å². The van der Waals surface area contributed by atoms with Gasteiger partial charge in [0.05, 0.1) is 17.7 Å². The maximum atomic E-state index is 12.6. The van der Waals surface area contributed by atoms with E-state index in [1.807, 2.05) is 6.92 Å². The molecule has 0 aliphatic carbocycles. The quantitative estimate of drug-likeness (QED) is 0.481. The fourth-order valence-corrected chi connectivity index (χ4v) is 2.95. The predicted octanol–water partition coefficient (Wildman–Crippen LogP) is 1.31. The van der Waals surface area contributed by atoms with Crippen molar-refractivity contribution in [3.05, 3.63) is 34.9 Å². The fourth-order valence-electron chi connectivity index (χ4n) is 2.95. The highest BCUT2D eigenvalue weighted by Crippen LogP contribution is 2.24. The molecular weight excluding hydrogens is 362 g/mol. The zero-order chi connectivity index (χ0) is 20.7. The Hall–Kier alpha value is -2.74. The van der Waals surface area contributed by atoms with E-state index in [0.29, 0.717) is 31.7 Å². The molecule has 4 amide bonds. The molecule has 1 heterocycles. The standard InChI is InChI=1S/C20H27N3O5/c1-4-5-10-23-19(26)15-8-7-14(12-16(15)20(23)27)18(25)22(2)13-17(24)21-9-6-11-28-3/h7-8,12H,4-6,9-11,13H2,1-3H3,(H,21,24). The molecule has 8 heteroatoms. The Labute approximate surface area is 164 Å². The maximum absolute atomic E-state index is 12.6. The second kappa shape index (κ2) is 9.98. The van der Waals surface area contributed by atoms with Gasteiger partial charge in [-0.3, -0.25) is 24.1 Å². The molecule has 0 aromatic heterocycles. The first-order chi connectivity index (χ1) is 13.4. The molecule has 8 nitrogen and oxygen atoms in total. The second-order valence-corrected chi connectivity index (χ2v) is 6.73. The maximum Gasteiger partial charge on any atom is 0.261 e. The number of imide groups is 1. The number of unbranched alkanes of at least 4 members (excludes halogenated alkanes) is 1. The second-order valence-electron chi connectivity index (χ2n) is 6.73. The molecular formula is C20H27N3O5. The first kappa shape index (κ1) is 21.6. The third-order valence-corrected chi connectivity index (χ3v) is 4.53. The molecule has 0 atom stereocenters. The van der Waals surface area contributed by atoms with Crippen LogP contribution in [0.5, 0.6) is 0 Å². The van der Waals surface area contributed by atoms with Gasteiger partial charge in [0.2, 0.25) is 5.91 Å². The van der Waals surface area contributed by atoms with Crippen molar-refractivity contribution in [3.63, 3.8) is 0 Å². The number of benzene rings is 1. The number of rotatable bonds is 10. The fraction of sp³-hybridized carbons (Fsp3) is 0.500. The molecule has 0 bridgehead atoms. The third kappa shape index (κ3) is 4.95. The summed E-state index contributed by atoms with van der Waals surface area (Å²) in [6.07, 6.45) is 2.30. The van der Waals surface area contributed by atoms with Crippen molar-refractivity contribution >= 4 is 23.6 Å². The summed E-state index contributed by atoms with van der Waals surface area (Å²) < 4.78 is 4.91. The Bertz CT molecular complexity index is 762. The monoisotopic (exact) mass is 389 g/mol. The third-order valence-electron chi connectivity index (χ3n) is 4.53. The van der Waals surface area contributed by atoms with Crippen molar-refractivity contribution < 1.29 is 23.9 Å². The molecule has 0 fully saturated rings. The zero-order valence-corrected chi connectivity index (χ0v) is 16.6. The number of hydrogen-bond donors (Lipinski definition) is 1. The van der Waals surface area contributed by atoms with Crippen LogP contribution < -0.4 is 5.32 Å². The molecule has 28 heavy (non-hydrogen) atoms. The summed E-state index contributed by atoms with van der Waals surface area (Å²) in [5.74, 6) is -1.36. The number of fused-ring (bicyclic) bond motifs is 1. The van der Waals surface area contributed by atoms with Gasteiger partial charge in [-0.05, 0) is 31.0 Å². The Kier molecular flexibility index (Phi) is 7.69. The van der Waals surface area contributed by atoms with E-state index in [4.69, 9.17) is 4.74 Å². The van der Waals surface area contributed by atoms with Gasteiger partial charge in [-0.15, -0.1) is 0 Å². The smallest absolute Gasteiger partial charge is 0.261 e. The number of carbonyl (C=O) groups excluding carboxylic acids is 4. The van der Waals surface area contributed by atoms with E-state index in [2.05, 4.69) is 5.32 Å². The Morgan fingerprint density at radius 3 is 2.54 bits per heavy atom. The van der Waals surface area contributed by atoms with Crippen molar-refractivity contribution in [3.8, 4) is 0 Å². The molecule has 0 spiro atoms. The molecule has 1 aliphatic rings. The summed E-state index contributed by atoms with van der Waals surface area (Å²) in [7, 11) is 3.11. The van der Waals surface area contributed by atoms with Gasteiger partial charge >= 0.3 is 0 Å². The average molecular weight is 389 g/mol. The van der Waals surface area contributed by atoms with Crippen molar-refractivity contribution in [1.29, 1.82) is 0 Å². The highest BCUT2D eigenvalue weighted by atomic mass is 16.5. The summed E-state index contributed by atoms with van der Waals surface area (Å²) >= 11 is 0. The van der Waals surface area contributed by atoms with E-state index in [1.54, 1.807) is 7.11 Å². The number of ether oxygens (including phenoxy) is 1. The minimum absolute atomic E-state index is 0.0988. The van der Waals surface area contributed by atoms with Gasteiger partial charge in [0.1, 0.15) is 0 Å². The van der Waals surface area contributed by atoms with Crippen molar-refractivity contribution in [2.45, 2.75) is 26.2 Å². The number of hydrogen-bond acceptors (Lipinski definition) is 5. The summed E-state index contributed by atoms with van der Waals surface area (Å²) in [6.45, 7) is 3.27. The van der Waals surface area contributed by atoms with Crippen LogP contribution in [0.15, 0.2) is 18.2 Å². The lowest BCUT2D eigenvalue weighted by Gasteiger charge is -2.17. The van der Waals surface area contributed by atoms with Crippen molar-refractivity contribution in [2.24, 2.45) is 0 Å². The summed E-state index contributed by atoms with van der Waals surface area (Å²) in [4.78, 5) is 51.9. The first-order valence-electron chi connectivity index (χ1n) is 9.42. The van der Waals surface area contributed by atoms with E-state index >= 15 is 0 Å². The van der Waals surface area contributed by atoms with Gasteiger partial charge in [0.25, 0.3) is 17.7 Å². The van der Waals surface area contributed by atoms with E-state index in [1.165, 1.54) is 35.0 Å². The summed E-state index contributed by atoms with van der Waals surface area (Å²) in [5.41, 5.74) is 0.826. The lowest BCUT2D eigenvalue weighted by atomic mass is 10.0. The van der Waals surface area contributed by atoms with E-state index in [-0.39, 0.29) is 41.3 Å². The number of carbonyl (C=O) groups is 4. The normalized spacial score (nSPS) is 12.9. The van der Waals surface area contributed by atoms with Crippen LogP contribution >= 0.6 is 0 Å². The van der Waals surface area contributed by atoms with Crippen LogP contribution in [0.2, 0.25) is 0 Å². The SMILES string of the molecule is CCCCN1C(=O)c2ccc(C(=O)N(C)CC(=O)NCCCOC)cc2C1=O. The summed E-state index contributed by atoms with van der Waals surface area (Å²) in [5, 5.41) is 2.72. The number of amides is 4. The van der Waals surface area contributed by atoms with Gasteiger partial charge < -0.3 is 15.0 Å². The lowest BCUT2D eigenvalue weighted by molar-refractivity contribution is -0.121. The van der Waals surface area contributed by atoms with Gasteiger partial charge in [-0.25, -0.2) is 0 Å². The van der Waals surface area contributed by atoms with E-state index < -0.39 is 0 Å². The van der Waals surface area contributed by atoms with Crippen LogP contribution in [-0.2, 0) is 9.53 Å². The average Bonchev–Trinajstić information content (AvgIpc) is 2.92. The van der Waals surface area contributed by atoms with Gasteiger partial charge in [0, 0.05) is 39.4 Å². The molecule has 0 radical (unpaired) electrons. The minimum Gasteiger partial charge on any atom is -0.385 e. The Morgan fingerprint density at radius 2 is 1.86 bits per heavy atom. The molecule has 152 valence electrons. The molecule has 0 saturated carbocycles. The van der Waals surface area contributed by atoms with Crippen LogP contribution in [0.25, 0.3) is 0 Å². The topological polar surface area (TPSA) is 96.0 Å². The Balaban J connectivity index is 2.02. The predicted molar refractivity (Wildman–Crippen MR) is 103 cm³/mol. The molecule has 2 rings (SSSR count). The van der Waals surface area contributed by atoms with Gasteiger partial charge in [-0.2, -0.15) is 0 Å². The Morgan fingerprint density at radius 1 is 1.14 bits per heavy atom. The van der Waals surface area contributed by atoms with E-state index in [9.17, 15) is 19.2 Å². The van der Waals surface area contributed by atoms with E-state index in [0.717, 1.165) is 12.8 Å². The molecule has 1 N–H and O–H groups in total. The molecule has 1 aromatic carbocycles. The number of likely N-dealkylation sites (N-methyl/N-ethyl adjacent to an activating group) is 1. The van der Waals surface area contributed by atoms with Gasteiger partial charge in [-0.1, -0.05) is 13.3 Å². The van der Waals surface area contributed by atoms with Crippen LogP contribution in [0.4, 0.5) is 0 Å². The largest absolute Gasteiger partial charge is 0.385 e. The van der Waals surface area contributed by atoms with Crippen molar-refractivity contribution in [1.82, 2.24) is 15.1 Å². The van der Waals surface area contributed by atoms with Crippen molar-refractivity contribution in [2.75, 3.05) is 40.4 Å². The molecule has 1 aliphatic heterocycles. The number of nitrogens with one attached hydrogen (secondary N) is 1. The zero-order valence-electron chi connectivity index (χ0n) is 16.6. The lowest BCUT2D eigenvalue weighted by Crippen LogP contribution is -2.38. The molecule has 0 saturated heterocycles.